The van der Waals surface area contributed by atoms with E-state index in [4.69, 9.17) is 0 Å². The van der Waals surface area contributed by atoms with Crippen LogP contribution in [0.2, 0.25) is 0 Å². The molecular weight excluding hydrogens is 283 g/mol. The van der Waals surface area contributed by atoms with Gasteiger partial charge in [0.2, 0.25) is 0 Å². The average Bonchev–Trinajstić information content (AvgIpc) is 3.03. The summed E-state index contributed by atoms with van der Waals surface area (Å²) in [7, 11) is 0. The van der Waals surface area contributed by atoms with Crippen molar-refractivity contribution in [2.24, 2.45) is 0 Å². The Hall–Kier alpha value is -1.62. The van der Waals surface area contributed by atoms with Gasteiger partial charge < -0.3 is 15.3 Å². The quantitative estimate of drug-likeness (QED) is 0.902. The van der Waals surface area contributed by atoms with E-state index in [1.165, 1.54) is 6.07 Å². The molecule has 1 aromatic carbocycles. The first kappa shape index (κ1) is 15.3. The van der Waals surface area contributed by atoms with Crippen LogP contribution in [0.1, 0.15) is 48.9 Å². The van der Waals surface area contributed by atoms with Crippen LogP contribution < -0.4 is 10.2 Å². The summed E-state index contributed by atoms with van der Waals surface area (Å²) >= 11 is 0. The summed E-state index contributed by atoms with van der Waals surface area (Å²) in [5.74, 6) is -0.554. The zero-order valence-electron chi connectivity index (χ0n) is 12.7. The second-order valence-corrected chi connectivity index (χ2v) is 6.34. The van der Waals surface area contributed by atoms with Gasteiger partial charge in [0.25, 0.3) is 5.91 Å². The topological polar surface area (TPSA) is 52.6 Å². The van der Waals surface area contributed by atoms with E-state index in [9.17, 15) is 14.3 Å². The summed E-state index contributed by atoms with van der Waals surface area (Å²) in [5, 5.41) is 12.4. The number of aliphatic hydroxyl groups excluding tert-OH is 1. The smallest absolute Gasteiger partial charge is 0.251 e. The van der Waals surface area contributed by atoms with Crippen LogP contribution in [0, 0.1) is 5.82 Å². The third kappa shape index (κ3) is 3.40. The summed E-state index contributed by atoms with van der Waals surface area (Å²) in [4.78, 5) is 14.3. The summed E-state index contributed by atoms with van der Waals surface area (Å²) in [6.45, 7) is 1.76. The van der Waals surface area contributed by atoms with Gasteiger partial charge in [-0.05, 0) is 56.7 Å². The van der Waals surface area contributed by atoms with Gasteiger partial charge in [0.1, 0.15) is 5.82 Å². The molecule has 120 valence electrons. The number of aliphatic hydroxyl groups is 1. The molecule has 1 heterocycles. The Morgan fingerprint density at radius 2 is 1.86 bits per heavy atom. The van der Waals surface area contributed by atoms with Crippen molar-refractivity contribution in [1.82, 2.24) is 5.32 Å². The highest BCUT2D eigenvalue weighted by molar-refractivity contribution is 5.94. The molecule has 5 heteroatoms. The van der Waals surface area contributed by atoms with Crippen molar-refractivity contribution in [1.29, 1.82) is 0 Å². The molecule has 1 saturated carbocycles. The molecular formula is C17H23FN2O2. The Balaban J connectivity index is 1.64. The van der Waals surface area contributed by atoms with Crippen LogP contribution in [0.15, 0.2) is 18.2 Å². The van der Waals surface area contributed by atoms with Crippen molar-refractivity contribution in [3.8, 4) is 0 Å². The van der Waals surface area contributed by atoms with Gasteiger partial charge in [-0.2, -0.15) is 0 Å². The first-order valence-electron chi connectivity index (χ1n) is 8.17. The van der Waals surface area contributed by atoms with Gasteiger partial charge in [-0.15, -0.1) is 0 Å². The van der Waals surface area contributed by atoms with E-state index < -0.39 is 0 Å². The molecule has 1 aliphatic heterocycles. The molecule has 22 heavy (non-hydrogen) atoms. The van der Waals surface area contributed by atoms with Crippen molar-refractivity contribution in [2.45, 2.75) is 50.7 Å². The summed E-state index contributed by atoms with van der Waals surface area (Å²) in [5.41, 5.74) is 0.960. The molecule has 1 saturated heterocycles. The zero-order valence-corrected chi connectivity index (χ0v) is 12.7. The molecule has 1 amide bonds. The third-order valence-corrected chi connectivity index (χ3v) is 4.69. The van der Waals surface area contributed by atoms with E-state index in [1.807, 2.05) is 4.90 Å². The van der Waals surface area contributed by atoms with Crippen molar-refractivity contribution in [3.63, 3.8) is 0 Å². The average molecular weight is 306 g/mol. The van der Waals surface area contributed by atoms with E-state index in [2.05, 4.69) is 5.32 Å². The largest absolute Gasteiger partial charge is 0.393 e. The van der Waals surface area contributed by atoms with E-state index in [0.29, 0.717) is 24.1 Å². The SMILES string of the molecule is O=C(NC1CCC(O)CC1)c1ccc(N2CCCC2)c(F)c1. The van der Waals surface area contributed by atoms with Crippen LogP contribution >= 0.6 is 0 Å². The standard InChI is InChI=1S/C17H23FN2O2/c18-15-11-12(3-8-16(15)20-9-1-2-10-20)17(22)19-13-4-6-14(21)7-5-13/h3,8,11,13-14,21H,1-2,4-7,9-10H2,(H,19,22). The highest BCUT2D eigenvalue weighted by Gasteiger charge is 2.22. The first-order chi connectivity index (χ1) is 10.6. The van der Waals surface area contributed by atoms with Crippen molar-refractivity contribution < 1.29 is 14.3 Å². The molecule has 3 rings (SSSR count). The Labute approximate surface area is 130 Å². The monoisotopic (exact) mass is 306 g/mol. The van der Waals surface area contributed by atoms with Crippen molar-refractivity contribution in [2.75, 3.05) is 18.0 Å². The second kappa shape index (κ2) is 6.65. The van der Waals surface area contributed by atoms with Crippen LogP contribution in [-0.4, -0.2) is 36.2 Å². The van der Waals surface area contributed by atoms with Crippen LogP contribution in [-0.2, 0) is 0 Å². The van der Waals surface area contributed by atoms with Crippen LogP contribution in [0.25, 0.3) is 0 Å². The fourth-order valence-electron chi connectivity index (χ4n) is 3.35. The Morgan fingerprint density at radius 1 is 1.18 bits per heavy atom. The molecule has 0 bridgehead atoms. The third-order valence-electron chi connectivity index (χ3n) is 4.69. The molecule has 2 fully saturated rings. The van der Waals surface area contributed by atoms with Gasteiger partial charge in [0.15, 0.2) is 0 Å². The summed E-state index contributed by atoms with van der Waals surface area (Å²) in [6.07, 6.45) is 4.93. The molecule has 0 aromatic heterocycles. The maximum Gasteiger partial charge on any atom is 0.251 e. The van der Waals surface area contributed by atoms with Gasteiger partial charge in [-0.25, -0.2) is 4.39 Å². The molecule has 0 radical (unpaired) electrons. The van der Waals surface area contributed by atoms with E-state index in [-0.39, 0.29) is 23.9 Å². The Morgan fingerprint density at radius 3 is 2.50 bits per heavy atom. The number of carbonyl (C=O) groups is 1. The number of nitrogens with one attached hydrogen (secondary N) is 1. The highest BCUT2D eigenvalue weighted by atomic mass is 19.1. The fraction of sp³-hybridized carbons (Fsp3) is 0.588. The lowest BCUT2D eigenvalue weighted by molar-refractivity contribution is 0.0867. The van der Waals surface area contributed by atoms with Crippen molar-refractivity contribution in [3.05, 3.63) is 29.6 Å². The predicted octanol–water partition coefficient (Wildman–Crippen LogP) is 2.46. The number of amides is 1. The van der Waals surface area contributed by atoms with Crippen molar-refractivity contribution >= 4 is 11.6 Å². The number of hydrogen-bond donors (Lipinski definition) is 2. The number of halogens is 1. The minimum absolute atomic E-state index is 0.0808. The van der Waals surface area contributed by atoms with Gasteiger partial charge in [0, 0.05) is 24.7 Å². The zero-order chi connectivity index (χ0) is 15.5. The number of carbonyl (C=O) groups excluding carboxylic acids is 1. The normalized spacial score (nSPS) is 25.3. The van der Waals surface area contributed by atoms with Gasteiger partial charge in [-0.1, -0.05) is 0 Å². The summed E-state index contributed by atoms with van der Waals surface area (Å²) < 4.78 is 14.2. The lowest BCUT2D eigenvalue weighted by atomic mass is 9.93. The number of hydrogen-bond acceptors (Lipinski definition) is 3. The van der Waals surface area contributed by atoms with Gasteiger partial charge >= 0.3 is 0 Å². The second-order valence-electron chi connectivity index (χ2n) is 6.34. The summed E-state index contributed by atoms with van der Waals surface area (Å²) in [6, 6.07) is 4.82. The minimum Gasteiger partial charge on any atom is -0.393 e. The van der Waals surface area contributed by atoms with Crippen LogP contribution in [0.4, 0.5) is 10.1 Å². The maximum absolute atomic E-state index is 14.2. The maximum atomic E-state index is 14.2. The molecule has 0 spiro atoms. The molecule has 4 nitrogen and oxygen atoms in total. The Kier molecular flexibility index (Phi) is 4.62. The van der Waals surface area contributed by atoms with E-state index >= 15 is 0 Å². The highest BCUT2D eigenvalue weighted by Crippen LogP contribution is 2.25. The van der Waals surface area contributed by atoms with Gasteiger partial charge in [-0.3, -0.25) is 4.79 Å². The number of rotatable bonds is 3. The van der Waals surface area contributed by atoms with E-state index in [0.717, 1.165) is 38.8 Å². The molecule has 2 N–H and O–H groups in total. The van der Waals surface area contributed by atoms with Crippen LogP contribution in [0.3, 0.4) is 0 Å². The number of nitrogens with zero attached hydrogens (tertiary/aromatic N) is 1. The number of anilines is 1. The number of benzene rings is 1. The van der Waals surface area contributed by atoms with E-state index in [1.54, 1.807) is 12.1 Å². The molecule has 0 unspecified atom stereocenters. The molecule has 2 aliphatic rings. The van der Waals surface area contributed by atoms with Gasteiger partial charge in [0.05, 0.1) is 11.8 Å². The first-order valence-corrected chi connectivity index (χ1v) is 8.17. The Bertz CT molecular complexity index is 535. The molecule has 1 aliphatic carbocycles. The fourth-order valence-corrected chi connectivity index (χ4v) is 3.35. The van der Waals surface area contributed by atoms with Crippen LogP contribution in [0.5, 0.6) is 0 Å². The predicted molar refractivity (Wildman–Crippen MR) is 83.6 cm³/mol. The molecule has 1 aromatic rings. The molecule has 0 atom stereocenters. The lowest BCUT2D eigenvalue weighted by Gasteiger charge is -2.26. The lowest BCUT2D eigenvalue weighted by Crippen LogP contribution is -2.38. The minimum atomic E-state index is -0.325.